The highest BCUT2D eigenvalue weighted by Gasteiger charge is 1.96. The Morgan fingerprint density at radius 2 is 1.81 bits per heavy atom. The van der Waals surface area contributed by atoms with Crippen LogP contribution in [-0.2, 0) is 0 Å². The van der Waals surface area contributed by atoms with E-state index < -0.39 is 0 Å². The Hall–Kier alpha value is -1.29. The predicted molar refractivity (Wildman–Crippen MR) is 73.6 cm³/mol. The maximum absolute atomic E-state index is 5.10. The maximum Gasteiger partial charge on any atom is 0.185 e. The number of nitrogens with one attached hydrogen (secondary N) is 3. The van der Waals surface area contributed by atoms with Crippen LogP contribution >= 0.6 is 12.2 Å². The van der Waals surface area contributed by atoms with Crippen molar-refractivity contribution in [1.82, 2.24) is 10.7 Å². The minimum atomic E-state index is 0.626. The topological polar surface area (TPSA) is 36.1 Å². The third kappa shape index (κ3) is 4.49. The molecule has 0 bridgehead atoms. The van der Waals surface area contributed by atoms with E-state index in [2.05, 4.69) is 55.1 Å². The molecule has 0 unspecified atom stereocenters. The lowest BCUT2D eigenvalue weighted by atomic mass is 10.1. The Balaban J connectivity index is 2.45. The second-order valence-corrected chi connectivity index (χ2v) is 4.29. The van der Waals surface area contributed by atoms with Gasteiger partial charge in [0.15, 0.2) is 5.11 Å². The van der Waals surface area contributed by atoms with Crippen LogP contribution in [0.4, 0.5) is 5.69 Å². The van der Waals surface area contributed by atoms with Gasteiger partial charge in [-0.2, -0.15) is 0 Å². The van der Waals surface area contributed by atoms with Gasteiger partial charge < -0.3 is 5.32 Å². The van der Waals surface area contributed by atoms with E-state index in [1.807, 2.05) is 0 Å². The maximum atomic E-state index is 5.10. The Bertz CT molecular complexity index is 343. The van der Waals surface area contributed by atoms with Gasteiger partial charge in [0.05, 0.1) is 5.69 Å². The molecule has 0 fully saturated rings. The lowest BCUT2D eigenvalue weighted by Crippen LogP contribution is -2.39. The zero-order valence-electron chi connectivity index (χ0n) is 10.1. The average molecular weight is 237 g/mol. The van der Waals surface area contributed by atoms with Gasteiger partial charge in [-0.05, 0) is 55.7 Å². The summed E-state index contributed by atoms with van der Waals surface area (Å²) in [7, 11) is 0. The average Bonchev–Trinajstić information content (AvgIpc) is 2.22. The second kappa shape index (κ2) is 6.33. The van der Waals surface area contributed by atoms with Gasteiger partial charge in [-0.1, -0.05) is 13.0 Å². The molecule has 0 aromatic heterocycles. The molecule has 0 aliphatic rings. The minimum Gasteiger partial charge on any atom is -0.361 e. The van der Waals surface area contributed by atoms with E-state index >= 15 is 0 Å². The lowest BCUT2D eigenvalue weighted by molar-refractivity contribution is 0.826. The first-order valence-corrected chi connectivity index (χ1v) is 5.91. The van der Waals surface area contributed by atoms with Gasteiger partial charge in [-0.15, -0.1) is 0 Å². The molecule has 16 heavy (non-hydrogen) atoms. The highest BCUT2D eigenvalue weighted by atomic mass is 32.1. The van der Waals surface area contributed by atoms with Crippen LogP contribution < -0.4 is 16.2 Å². The summed E-state index contributed by atoms with van der Waals surface area (Å²) in [4.78, 5) is 0. The molecule has 0 saturated heterocycles. The Morgan fingerprint density at radius 1 is 1.19 bits per heavy atom. The van der Waals surface area contributed by atoms with Crippen LogP contribution in [0.5, 0.6) is 0 Å². The second-order valence-electron chi connectivity index (χ2n) is 3.88. The fourth-order valence-corrected chi connectivity index (χ4v) is 1.61. The van der Waals surface area contributed by atoms with E-state index in [0.717, 1.165) is 18.7 Å². The largest absolute Gasteiger partial charge is 0.361 e. The third-order valence-electron chi connectivity index (χ3n) is 2.08. The van der Waals surface area contributed by atoms with Crippen molar-refractivity contribution < 1.29 is 0 Å². The van der Waals surface area contributed by atoms with E-state index in [4.69, 9.17) is 12.2 Å². The molecule has 3 nitrogen and oxygen atoms in total. The molecule has 0 aliphatic heterocycles. The summed E-state index contributed by atoms with van der Waals surface area (Å²) in [6.45, 7) is 7.14. The SMILES string of the molecule is CCCNC(=S)NNc1cc(C)cc(C)c1. The Labute approximate surface area is 103 Å². The zero-order chi connectivity index (χ0) is 12.0. The molecule has 1 aromatic rings. The quantitative estimate of drug-likeness (QED) is 0.555. The first kappa shape index (κ1) is 12.8. The van der Waals surface area contributed by atoms with Crippen LogP contribution in [0.3, 0.4) is 0 Å². The standard InChI is InChI=1S/C12H19N3S/c1-4-5-13-12(16)15-14-11-7-9(2)6-10(3)8-11/h6-8,14H,4-5H2,1-3H3,(H2,13,15,16). The lowest BCUT2D eigenvalue weighted by Gasteiger charge is -2.12. The summed E-state index contributed by atoms with van der Waals surface area (Å²) in [5.41, 5.74) is 9.53. The summed E-state index contributed by atoms with van der Waals surface area (Å²) >= 11 is 5.10. The van der Waals surface area contributed by atoms with Gasteiger partial charge >= 0.3 is 0 Å². The van der Waals surface area contributed by atoms with Crippen LogP contribution in [0.15, 0.2) is 18.2 Å². The van der Waals surface area contributed by atoms with Crippen molar-refractivity contribution >= 4 is 23.0 Å². The van der Waals surface area contributed by atoms with E-state index in [1.165, 1.54) is 11.1 Å². The molecule has 0 aliphatic carbocycles. The molecular formula is C12H19N3S. The molecular weight excluding hydrogens is 218 g/mol. The Morgan fingerprint density at radius 3 is 2.38 bits per heavy atom. The predicted octanol–water partition coefficient (Wildman–Crippen LogP) is 2.50. The smallest absolute Gasteiger partial charge is 0.185 e. The highest BCUT2D eigenvalue weighted by molar-refractivity contribution is 7.80. The minimum absolute atomic E-state index is 0.626. The zero-order valence-corrected chi connectivity index (χ0v) is 10.9. The Kier molecular flexibility index (Phi) is 5.05. The van der Waals surface area contributed by atoms with Gasteiger partial charge in [0.1, 0.15) is 0 Å². The molecule has 0 spiro atoms. The molecule has 0 atom stereocenters. The number of hydrazine groups is 1. The van der Waals surface area contributed by atoms with Crippen LogP contribution in [-0.4, -0.2) is 11.7 Å². The van der Waals surface area contributed by atoms with Crippen LogP contribution in [0, 0.1) is 13.8 Å². The number of rotatable bonds is 4. The molecule has 1 aromatic carbocycles. The number of hydrogen-bond acceptors (Lipinski definition) is 2. The van der Waals surface area contributed by atoms with E-state index in [-0.39, 0.29) is 0 Å². The molecule has 0 radical (unpaired) electrons. The molecule has 0 saturated carbocycles. The molecule has 3 N–H and O–H groups in total. The summed E-state index contributed by atoms with van der Waals surface area (Å²) in [5.74, 6) is 0. The van der Waals surface area contributed by atoms with E-state index in [1.54, 1.807) is 0 Å². The van der Waals surface area contributed by atoms with Crippen molar-refractivity contribution in [3.8, 4) is 0 Å². The van der Waals surface area contributed by atoms with E-state index in [0.29, 0.717) is 5.11 Å². The van der Waals surface area contributed by atoms with E-state index in [9.17, 15) is 0 Å². The van der Waals surface area contributed by atoms with Crippen LogP contribution in [0.1, 0.15) is 24.5 Å². The van der Waals surface area contributed by atoms with Gasteiger partial charge in [-0.3, -0.25) is 10.9 Å². The van der Waals surface area contributed by atoms with Crippen molar-refractivity contribution in [2.45, 2.75) is 27.2 Å². The summed E-state index contributed by atoms with van der Waals surface area (Å²) < 4.78 is 0. The fourth-order valence-electron chi connectivity index (χ4n) is 1.46. The van der Waals surface area contributed by atoms with Crippen LogP contribution in [0.2, 0.25) is 0 Å². The normalized spacial score (nSPS) is 9.69. The number of thiocarbonyl (C=S) groups is 1. The summed E-state index contributed by atoms with van der Waals surface area (Å²) in [5, 5.41) is 3.72. The van der Waals surface area contributed by atoms with Gasteiger partial charge in [-0.25, -0.2) is 0 Å². The number of aryl methyl sites for hydroxylation is 2. The molecule has 88 valence electrons. The van der Waals surface area contributed by atoms with Crippen molar-refractivity contribution in [2.75, 3.05) is 12.0 Å². The van der Waals surface area contributed by atoms with Gasteiger partial charge in [0, 0.05) is 6.54 Å². The molecule has 4 heteroatoms. The highest BCUT2D eigenvalue weighted by Crippen LogP contribution is 2.12. The van der Waals surface area contributed by atoms with Crippen LogP contribution in [0.25, 0.3) is 0 Å². The fraction of sp³-hybridized carbons (Fsp3) is 0.417. The van der Waals surface area contributed by atoms with Crippen molar-refractivity contribution in [3.05, 3.63) is 29.3 Å². The first-order valence-electron chi connectivity index (χ1n) is 5.50. The summed E-state index contributed by atoms with van der Waals surface area (Å²) in [6, 6.07) is 6.28. The van der Waals surface area contributed by atoms with Crippen molar-refractivity contribution in [2.24, 2.45) is 0 Å². The van der Waals surface area contributed by atoms with Gasteiger partial charge in [0.2, 0.25) is 0 Å². The molecule has 0 heterocycles. The number of hydrogen-bond donors (Lipinski definition) is 3. The third-order valence-corrected chi connectivity index (χ3v) is 2.32. The first-order chi connectivity index (χ1) is 7.61. The van der Waals surface area contributed by atoms with Crippen molar-refractivity contribution in [1.29, 1.82) is 0 Å². The molecule has 0 amide bonds. The number of anilines is 1. The molecule has 1 rings (SSSR count). The number of benzene rings is 1. The van der Waals surface area contributed by atoms with Gasteiger partial charge in [0.25, 0.3) is 0 Å². The monoisotopic (exact) mass is 237 g/mol. The summed E-state index contributed by atoms with van der Waals surface area (Å²) in [6.07, 6.45) is 1.06. The van der Waals surface area contributed by atoms with Crippen molar-refractivity contribution in [3.63, 3.8) is 0 Å².